The molecule has 1 rings (SSSR count). The molecule has 0 saturated heterocycles. The Labute approximate surface area is 111 Å². The summed E-state index contributed by atoms with van der Waals surface area (Å²) in [6, 6.07) is 1.62. The maximum Gasteiger partial charge on any atom is 0.242 e. The fraction of sp³-hybridized carbons (Fsp3) is 0.400. The smallest absolute Gasteiger partial charge is 0.242 e. The lowest BCUT2D eigenvalue weighted by atomic mass is 10.2. The predicted molar refractivity (Wildman–Crippen MR) is 68.2 cm³/mol. The molecule has 2 N–H and O–H groups in total. The Morgan fingerprint density at radius 2 is 1.94 bits per heavy atom. The zero-order valence-electron chi connectivity index (χ0n) is 9.42. The monoisotopic (exact) mass is 297 g/mol. The minimum Gasteiger partial charge on any atom is -0.395 e. The molecule has 0 aliphatic rings. The van der Waals surface area contributed by atoms with Crippen LogP contribution in [0.5, 0.6) is 0 Å². The van der Waals surface area contributed by atoms with E-state index in [1.165, 1.54) is 0 Å². The molecule has 0 bridgehead atoms. The zero-order valence-corrected chi connectivity index (χ0v) is 11.7. The molecule has 0 unspecified atom stereocenters. The first-order chi connectivity index (χ1) is 7.81. The molecule has 0 fully saturated rings. The normalized spacial score (nSPS) is 11.8. The summed E-state index contributed by atoms with van der Waals surface area (Å²) in [5.41, 5.74) is 0.986. The van der Waals surface area contributed by atoms with Crippen molar-refractivity contribution in [3.63, 3.8) is 0 Å². The number of aliphatic hydroxyl groups excluding tert-OH is 1. The predicted octanol–water partition coefficient (Wildman–Crippen LogP) is 1.88. The van der Waals surface area contributed by atoms with Crippen molar-refractivity contribution in [1.29, 1.82) is 0 Å². The maximum atomic E-state index is 12.0. The van der Waals surface area contributed by atoms with E-state index in [-0.39, 0.29) is 23.1 Å². The van der Waals surface area contributed by atoms with Gasteiger partial charge in [0, 0.05) is 11.6 Å². The number of halogens is 2. The number of aryl methyl sites for hydroxylation is 1. The molecule has 96 valence electrons. The van der Waals surface area contributed by atoms with Crippen LogP contribution < -0.4 is 4.72 Å². The van der Waals surface area contributed by atoms with E-state index in [4.69, 9.17) is 28.3 Å². The van der Waals surface area contributed by atoms with Gasteiger partial charge in [0.15, 0.2) is 0 Å². The Hall–Kier alpha value is -0.330. The summed E-state index contributed by atoms with van der Waals surface area (Å²) >= 11 is 11.9. The van der Waals surface area contributed by atoms with Crippen LogP contribution in [-0.4, -0.2) is 26.7 Å². The highest BCUT2D eigenvalue weighted by atomic mass is 35.5. The Kier molecular flexibility index (Phi) is 4.80. The van der Waals surface area contributed by atoms with Gasteiger partial charge < -0.3 is 5.11 Å². The largest absolute Gasteiger partial charge is 0.395 e. The summed E-state index contributed by atoms with van der Waals surface area (Å²) in [4.78, 5) is -0.0300. The minimum atomic E-state index is -3.76. The molecule has 1 aromatic rings. The summed E-state index contributed by atoms with van der Waals surface area (Å²) in [6.45, 7) is 2.92. The average Bonchev–Trinajstić information content (AvgIpc) is 2.24. The van der Waals surface area contributed by atoms with E-state index in [1.807, 2.05) is 0 Å². The number of hydrogen-bond acceptors (Lipinski definition) is 3. The maximum absolute atomic E-state index is 12.0. The van der Waals surface area contributed by atoms with E-state index in [9.17, 15) is 8.42 Å². The van der Waals surface area contributed by atoms with Gasteiger partial charge in [0.05, 0.1) is 11.6 Å². The number of nitrogens with one attached hydrogen (secondary N) is 1. The van der Waals surface area contributed by atoms with Crippen molar-refractivity contribution < 1.29 is 13.5 Å². The van der Waals surface area contributed by atoms with Gasteiger partial charge in [-0.1, -0.05) is 23.2 Å². The van der Waals surface area contributed by atoms with Crippen LogP contribution in [0.15, 0.2) is 11.0 Å². The second-order valence-electron chi connectivity index (χ2n) is 3.56. The summed E-state index contributed by atoms with van der Waals surface area (Å²) in [7, 11) is -3.76. The molecule has 0 atom stereocenters. The van der Waals surface area contributed by atoms with E-state index >= 15 is 0 Å². The average molecular weight is 298 g/mol. The highest BCUT2D eigenvalue weighted by Gasteiger charge is 2.23. The van der Waals surface area contributed by atoms with Crippen LogP contribution in [-0.2, 0) is 10.0 Å². The molecule has 7 heteroatoms. The van der Waals surface area contributed by atoms with E-state index < -0.39 is 10.0 Å². The highest BCUT2D eigenvalue weighted by Crippen LogP contribution is 2.33. The quantitative estimate of drug-likeness (QED) is 0.892. The molecule has 0 amide bonds. The molecule has 0 aliphatic heterocycles. The number of rotatable bonds is 4. The molecule has 17 heavy (non-hydrogen) atoms. The molecule has 0 spiro atoms. The van der Waals surface area contributed by atoms with Gasteiger partial charge in [0.25, 0.3) is 0 Å². The van der Waals surface area contributed by atoms with E-state index in [0.717, 1.165) is 0 Å². The first kappa shape index (κ1) is 14.7. The summed E-state index contributed by atoms with van der Waals surface area (Å²) in [5, 5.41) is 9.13. The summed E-state index contributed by atoms with van der Waals surface area (Å²) in [5.74, 6) is 0. The third-order valence-electron chi connectivity index (χ3n) is 2.26. The first-order valence-electron chi connectivity index (χ1n) is 4.87. The third kappa shape index (κ3) is 3.11. The van der Waals surface area contributed by atoms with Crippen LogP contribution in [0.3, 0.4) is 0 Å². The number of benzene rings is 1. The van der Waals surface area contributed by atoms with Gasteiger partial charge in [-0.05, 0) is 31.0 Å². The van der Waals surface area contributed by atoms with Crippen molar-refractivity contribution in [3.8, 4) is 0 Å². The standard InChI is InChI=1S/C10H13Cl2NO3S/c1-6-5-8(11)7(2)10(9(6)12)17(15,16)13-3-4-14/h5,13-14H,3-4H2,1-2H3. The number of aliphatic hydroxyl groups is 1. The van der Waals surface area contributed by atoms with Crippen molar-refractivity contribution in [3.05, 3.63) is 27.2 Å². The molecule has 0 radical (unpaired) electrons. The van der Waals surface area contributed by atoms with Gasteiger partial charge in [0.2, 0.25) is 10.0 Å². The van der Waals surface area contributed by atoms with Crippen LogP contribution in [0.4, 0.5) is 0 Å². The van der Waals surface area contributed by atoms with Crippen LogP contribution in [0.2, 0.25) is 10.0 Å². The van der Waals surface area contributed by atoms with Crippen molar-refractivity contribution in [2.45, 2.75) is 18.7 Å². The second-order valence-corrected chi connectivity index (χ2v) is 6.05. The Morgan fingerprint density at radius 1 is 1.35 bits per heavy atom. The van der Waals surface area contributed by atoms with Gasteiger partial charge >= 0.3 is 0 Å². The molecule has 0 heterocycles. The summed E-state index contributed by atoms with van der Waals surface area (Å²) in [6.07, 6.45) is 0. The third-order valence-corrected chi connectivity index (χ3v) is 4.88. The van der Waals surface area contributed by atoms with Gasteiger partial charge in [0.1, 0.15) is 4.90 Å². The fourth-order valence-electron chi connectivity index (χ4n) is 1.39. The Morgan fingerprint density at radius 3 is 2.47 bits per heavy atom. The van der Waals surface area contributed by atoms with Crippen LogP contribution in [0, 0.1) is 13.8 Å². The highest BCUT2D eigenvalue weighted by molar-refractivity contribution is 7.89. The van der Waals surface area contributed by atoms with Crippen molar-refractivity contribution in [1.82, 2.24) is 4.72 Å². The van der Waals surface area contributed by atoms with Crippen LogP contribution >= 0.6 is 23.2 Å². The topological polar surface area (TPSA) is 66.4 Å². The molecular weight excluding hydrogens is 285 g/mol. The van der Waals surface area contributed by atoms with Crippen LogP contribution in [0.25, 0.3) is 0 Å². The molecule has 0 aliphatic carbocycles. The molecule has 4 nitrogen and oxygen atoms in total. The lowest BCUT2D eigenvalue weighted by Crippen LogP contribution is -2.27. The lowest BCUT2D eigenvalue weighted by molar-refractivity contribution is 0.301. The molecular formula is C10H13Cl2NO3S. The van der Waals surface area contributed by atoms with Gasteiger partial charge in [-0.15, -0.1) is 0 Å². The second kappa shape index (κ2) is 5.54. The van der Waals surface area contributed by atoms with Crippen molar-refractivity contribution >= 4 is 33.2 Å². The molecule has 0 saturated carbocycles. The molecule has 0 aromatic heterocycles. The van der Waals surface area contributed by atoms with E-state index in [2.05, 4.69) is 4.72 Å². The minimum absolute atomic E-state index is 0.0300. The fourth-order valence-corrected chi connectivity index (χ4v) is 3.62. The van der Waals surface area contributed by atoms with Gasteiger partial charge in [-0.3, -0.25) is 0 Å². The number of sulfonamides is 1. The molecule has 1 aromatic carbocycles. The van der Waals surface area contributed by atoms with Crippen LogP contribution in [0.1, 0.15) is 11.1 Å². The first-order valence-corrected chi connectivity index (χ1v) is 7.11. The number of hydrogen-bond donors (Lipinski definition) is 2. The van der Waals surface area contributed by atoms with E-state index in [0.29, 0.717) is 16.1 Å². The van der Waals surface area contributed by atoms with E-state index in [1.54, 1.807) is 19.9 Å². The Bertz CT molecular complexity index is 503. The van der Waals surface area contributed by atoms with Gasteiger partial charge in [-0.25, -0.2) is 13.1 Å². The Balaban J connectivity index is 3.40. The lowest BCUT2D eigenvalue weighted by Gasteiger charge is -2.13. The summed E-state index contributed by atoms with van der Waals surface area (Å²) < 4.78 is 26.2. The van der Waals surface area contributed by atoms with Gasteiger partial charge in [-0.2, -0.15) is 0 Å². The van der Waals surface area contributed by atoms with Crippen molar-refractivity contribution in [2.75, 3.05) is 13.2 Å². The van der Waals surface area contributed by atoms with Crippen molar-refractivity contribution in [2.24, 2.45) is 0 Å². The zero-order chi connectivity index (χ0) is 13.2. The SMILES string of the molecule is Cc1cc(Cl)c(C)c(S(=O)(=O)NCCO)c1Cl.